The Kier molecular flexibility index (Phi) is 5.41. The Morgan fingerprint density at radius 2 is 1.85 bits per heavy atom. The molecule has 0 bridgehead atoms. The Bertz CT molecular complexity index is 1020. The third-order valence-corrected chi connectivity index (χ3v) is 5.49. The summed E-state index contributed by atoms with van der Waals surface area (Å²) in [5.41, 5.74) is 2.79. The molecule has 0 saturated carbocycles. The Balaban J connectivity index is 1.85. The van der Waals surface area contributed by atoms with Gasteiger partial charge in [-0.05, 0) is 41.7 Å². The maximum Gasteiger partial charge on any atom is 0.315 e. The van der Waals surface area contributed by atoms with Gasteiger partial charge in [0.25, 0.3) is 0 Å². The van der Waals surface area contributed by atoms with Crippen molar-refractivity contribution in [2.75, 3.05) is 6.26 Å². The number of carbonyl (C=O) groups is 1. The van der Waals surface area contributed by atoms with E-state index >= 15 is 0 Å². The number of carboxylic acid groups (broad SMARTS) is 1. The first-order chi connectivity index (χ1) is 12.9. The summed E-state index contributed by atoms with van der Waals surface area (Å²) in [5.74, 6) is -1.61. The van der Waals surface area contributed by atoms with E-state index in [9.17, 15) is 18.3 Å². The number of sulfone groups is 1. The summed E-state index contributed by atoms with van der Waals surface area (Å²) < 4.78 is 28.4. The Morgan fingerprint density at radius 1 is 1.15 bits per heavy atom. The number of aliphatic carboxylic acids is 1. The van der Waals surface area contributed by atoms with Gasteiger partial charge in [-0.15, -0.1) is 0 Å². The number of aryl methyl sites for hydroxylation is 1. The number of aromatic nitrogens is 1. The summed E-state index contributed by atoms with van der Waals surface area (Å²) in [7, 11) is -3.25. The second-order valence-corrected chi connectivity index (χ2v) is 8.27. The van der Waals surface area contributed by atoms with Gasteiger partial charge < -0.3 is 9.52 Å². The number of nitrogens with zero attached hydrogens (tertiary/aromatic N) is 1. The molecule has 1 atom stereocenters. The average Bonchev–Trinajstić information content (AvgIpc) is 3.16. The minimum atomic E-state index is -3.25. The number of carboxylic acids is 1. The second-order valence-electron chi connectivity index (χ2n) is 6.25. The van der Waals surface area contributed by atoms with Crippen molar-refractivity contribution in [3.8, 4) is 11.1 Å². The van der Waals surface area contributed by atoms with Crippen LogP contribution in [0.1, 0.15) is 23.8 Å². The van der Waals surface area contributed by atoms with Crippen molar-refractivity contribution < 1.29 is 22.7 Å². The molecule has 0 amide bonds. The van der Waals surface area contributed by atoms with E-state index in [1.807, 2.05) is 24.3 Å². The fraction of sp³-hybridized carbons (Fsp3) is 0.200. The average molecular weight is 385 g/mol. The number of hydrogen-bond acceptors (Lipinski definition) is 5. The van der Waals surface area contributed by atoms with Crippen LogP contribution >= 0.6 is 0 Å². The van der Waals surface area contributed by atoms with Gasteiger partial charge in [0.1, 0.15) is 12.2 Å². The highest BCUT2D eigenvalue weighted by Crippen LogP contribution is 2.28. The molecular formula is C20H19NO5S. The molecule has 3 rings (SSSR count). The summed E-state index contributed by atoms with van der Waals surface area (Å²) in [6.07, 6.45) is 4.83. The fourth-order valence-electron chi connectivity index (χ4n) is 2.96. The molecule has 1 aromatic heterocycles. The van der Waals surface area contributed by atoms with E-state index < -0.39 is 21.7 Å². The summed E-state index contributed by atoms with van der Waals surface area (Å²) in [6.45, 7) is 0. The van der Waals surface area contributed by atoms with Gasteiger partial charge in [-0.1, -0.05) is 36.4 Å². The maximum atomic E-state index is 11.6. The topological polar surface area (TPSA) is 97.5 Å². The molecule has 1 N–H and O–H groups in total. The van der Waals surface area contributed by atoms with Crippen molar-refractivity contribution in [3.63, 3.8) is 0 Å². The molecule has 0 spiro atoms. The molecule has 140 valence electrons. The molecule has 1 heterocycles. The van der Waals surface area contributed by atoms with Crippen LogP contribution in [0.2, 0.25) is 0 Å². The third-order valence-electron chi connectivity index (χ3n) is 4.36. The Labute approximate surface area is 157 Å². The summed E-state index contributed by atoms with van der Waals surface area (Å²) >= 11 is 0. The lowest BCUT2D eigenvalue weighted by Gasteiger charge is -2.13. The second kappa shape index (κ2) is 7.75. The molecule has 0 radical (unpaired) electrons. The number of benzene rings is 2. The largest absolute Gasteiger partial charge is 0.481 e. The first kappa shape index (κ1) is 18.8. The van der Waals surface area contributed by atoms with Crippen LogP contribution in [0.4, 0.5) is 0 Å². The number of rotatable bonds is 7. The van der Waals surface area contributed by atoms with Gasteiger partial charge in [0.05, 0.1) is 11.1 Å². The van der Waals surface area contributed by atoms with Gasteiger partial charge in [0, 0.05) is 6.26 Å². The molecule has 0 fully saturated rings. The van der Waals surface area contributed by atoms with Crippen LogP contribution in [0.15, 0.2) is 70.3 Å². The van der Waals surface area contributed by atoms with Crippen molar-refractivity contribution >= 4 is 15.8 Å². The fourth-order valence-corrected chi connectivity index (χ4v) is 3.59. The van der Waals surface area contributed by atoms with Gasteiger partial charge in [-0.3, -0.25) is 4.79 Å². The Hall–Kier alpha value is -2.93. The van der Waals surface area contributed by atoms with Crippen molar-refractivity contribution in [1.82, 2.24) is 4.98 Å². The lowest BCUT2D eigenvalue weighted by atomic mass is 9.93. The Morgan fingerprint density at radius 3 is 2.44 bits per heavy atom. The van der Waals surface area contributed by atoms with Crippen LogP contribution in [-0.2, 0) is 21.1 Å². The van der Waals surface area contributed by atoms with E-state index in [4.69, 9.17) is 4.42 Å². The molecular weight excluding hydrogens is 366 g/mol. The summed E-state index contributed by atoms with van der Waals surface area (Å²) in [6, 6.07) is 14.3. The summed E-state index contributed by atoms with van der Waals surface area (Å²) in [5, 5.41) is 9.46. The van der Waals surface area contributed by atoms with Crippen molar-refractivity contribution in [3.05, 3.63) is 72.4 Å². The van der Waals surface area contributed by atoms with Crippen LogP contribution in [0, 0.1) is 0 Å². The molecule has 27 heavy (non-hydrogen) atoms. The van der Waals surface area contributed by atoms with Crippen molar-refractivity contribution in [1.29, 1.82) is 0 Å². The lowest BCUT2D eigenvalue weighted by molar-refractivity contribution is -0.139. The standard InChI is InChI=1S/C20H19NO5S/c1-27(24,25)16-9-6-15(7-10-16)17-5-3-2-4-14(17)8-11-18(20(22)23)19-21-12-13-26-19/h2-7,9-10,12-13,18H,8,11H2,1H3,(H,22,23). The highest BCUT2D eigenvalue weighted by molar-refractivity contribution is 7.90. The molecule has 7 heteroatoms. The van der Waals surface area contributed by atoms with E-state index in [1.54, 1.807) is 24.3 Å². The zero-order valence-electron chi connectivity index (χ0n) is 14.7. The quantitative estimate of drug-likeness (QED) is 0.668. The molecule has 0 aliphatic carbocycles. The van der Waals surface area contributed by atoms with Crippen LogP contribution in [-0.4, -0.2) is 30.7 Å². The molecule has 0 aliphatic heterocycles. The number of hydrogen-bond donors (Lipinski definition) is 1. The monoisotopic (exact) mass is 385 g/mol. The zero-order chi connectivity index (χ0) is 19.4. The lowest BCUT2D eigenvalue weighted by Crippen LogP contribution is -2.13. The summed E-state index contributed by atoms with van der Waals surface area (Å²) in [4.78, 5) is 15.8. The number of oxazole rings is 1. The van der Waals surface area contributed by atoms with E-state index in [0.717, 1.165) is 16.7 Å². The van der Waals surface area contributed by atoms with Crippen molar-refractivity contribution in [2.24, 2.45) is 0 Å². The van der Waals surface area contributed by atoms with Crippen LogP contribution < -0.4 is 0 Å². The SMILES string of the molecule is CS(=O)(=O)c1ccc(-c2ccccc2CCC(C(=O)O)c2ncco2)cc1. The van der Waals surface area contributed by atoms with Gasteiger partial charge in [-0.2, -0.15) is 0 Å². The van der Waals surface area contributed by atoms with Crippen LogP contribution in [0.3, 0.4) is 0 Å². The molecule has 3 aromatic rings. The normalized spacial score (nSPS) is 12.6. The third kappa shape index (κ3) is 4.43. The maximum absolute atomic E-state index is 11.6. The van der Waals surface area contributed by atoms with Crippen LogP contribution in [0.5, 0.6) is 0 Å². The minimum Gasteiger partial charge on any atom is -0.481 e. The van der Waals surface area contributed by atoms with E-state index in [2.05, 4.69) is 4.98 Å². The molecule has 1 unspecified atom stereocenters. The minimum absolute atomic E-state index is 0.192. The molecule has 6 nitrogen and oxygen atoms in total. The predicted octanol–water partition coefficient (Wildman–Crippen LogP) is 3.55. The highest BCUT2D eigenvalue weighted by Gasteiger charge is 2.24. The van der Waals surface area contributed by atoms with Crippen LogP contribution in [0.25, 0.3) is 11.1 Å². The molecule has 2 aromatic carbocycles. The van der Waals surface area contributed by atoms with E-state index in [0.29, 0.717) is 12.8 Å². The van der Waals surface area contributed by atoms with Gasteiger partial charge in [-0.25, -0.2) is 13.4 Å². The van der Waals surface area contributed by atoms with Gasteiger partial charge >= 0.3 is 5.97 Å². The van der Waals surface area contributed by atoms with Gasteiger partial charge in [0.2, 0.25) is 5.89 Å². The predicted molar refractivity (Wildman–Crippen MR) is 100 cm³/mol. The highest BCUT2D eigenvalue weighted by atomic mass is 32.2. The smallest absolute Gasteiger partial charge is 0.315 e. The molecule has 0 saturated heterocycles. The van der Waals surface area contributed by atoms with Crippen molar-refractivity contribution in [2.45, 2.75) is 23.7 Å². The first-order valence-corrected chi connectivity index (χ1v) is 10.3. The zero-order valence-corrected chi connectivity index (χ0v) is 15.5. The molecule has 0 aliphatic rings. The van der Waals surface area contributed by atoms with E-state index in [-0.39, 0.29) is 10.8 Å². The first-order valence-electron chi connectivity index (χ1n) is 8.37. The van der Waals surface area contributed by atoms with Gasteiger partial charge in [0.15, 0.2) is 9.84 Å². The van der Waals surface area contributed by atoms with E-state index in [1.165, 1.54) is 18.7 Å².